The molecule has 2 N–H and O–H groups in total. The molecule has 0 bridgehead atoms. The van der Waals surface area contributed by atoms with E-state index in [2.05, 4.69) is 0 Å². The van der Waals surface area contributed by atoms with Crippen LogP contribution in [0.5, 0.6) is 0 Å². The molecule has 0 aliphatic rings. The van der Waals surface area contributed by atoms with Crippen LogP contribution in [0.4, 0.5) is 15.8 Å². The molecule has 2 rings (SSSR count). The Labute approximate surface area is 128 Å². The lowest BCUT2D eigenvalue weighted by Crippen LogP contribution is -2.32. The third kappa shape index (κ3) is 3.52. The third-order valence-corrected chi connectivity index (χ3v) is 3.27. The van der Waals surface area contributed by atoms with E-state index in [1.54, 1.807) is 24.3 Å². The maximum absolute atomic E-state index is 13.9. The van der Waals surface area contributed by atoms with Crippen LogP contribution in [0.3, 0.4) is 0 Å². The van der Waals surface area contributed by atoms with E-state index in [0.717, 1.165) is 6.42 Å². The molecular formula is C16H16ClFN2O. The lowest BCUT2D eigenvalue weighted by atomic mass is 10.1. The van der Waals surface area contributed by atoms with Crippen LogP contribution in [0.25, 0.3) is 0 Å². The van der Waals surface area contributed by atoms with Gasteiger partial charge in [-0.2, -0.15) is 0 Å². The number of rotatable bonds is 4. The number of amides is 1. The van der Waals surface area contributed by atoms with Crippen LogP contribution in [0.2, 0.25) is 5.02 Å². The van der Waals surface area contributed by atoms with E-state index in [1.165, 1.54) is 23.1 Å². The van der Waals surface area contributed by atoms with Crippen molar-refractivity contribution in [3.63, 3.8) is 0 Å². The van der Waals surface area contributed by atoms with Gasteiger partial charge in [-0.25, -0.2) is 4.39 Å². The molecule has 2 aromatic rings. The Morgan fingerprint density at radius 3 is 2.71 bits per heavy atom. The highest BCUT2D eigenvalue weighted by Gasteiger charge is 2.20. The Kier molecular flexibility index (Phi) is 4.81. The van der Waals surface area contributed by atoms with Gasteiger partial charge in [-0.1, -0.05) is 24.6 Å². The van der Waals surface area contributed by atoms with Crippen molar-refractivity contribution >= 4 is 28.9 Å². The van der Waals surface area contributed by atoms with Gasteiger partial charge >= 0.3 is 0 Å². The molecule has 2 aromatic carbocycles. The lowest BCUT2D eigenvalue weighted by Gasteiger charge is -2.23. The summed E-state index contributed by atoms with van der Waals surface area (Å²) in [7, 11) is 0. The van der Waals surface area contributed by atoms with Gasteiger partial charge in [-0.15, -0.1) is 0 Å². The number of benzene rings is 2. The standard InChI is InChI=1S/C16H16ClFN2O/c1-2-8-20(13-5-3-4-12(19)10-13)16(21)14-9-11(17)6-7-15(14)18/h3-7,9-10H,2,8,19H2,1H3. The quantitative estimate of drug-likeness (QED) is 0.864. The fourth-order valence-corrected chi connectivity index (χ4v) is 2.24. The first-order valence-electron chi connectivity index (χ1n) is 6.65. The summed E-state index contributed by atoms with van der Waals surface area (Å²) in [6.45, 7) is 2.41. The molecule has 0 atom stereocenters. The van der Waals surface area contributed by atoms with Gasteiger partial charge in [0.25, 0.3) is 5.91 Å². The van der Waals surface area contributed by atoms with Crippen LogP contribution in [0.15, 0.2) is 42.5 Å². The van der Waals surface area contributed by atoms with E-state index in [1.807, 2.05) is 6.92 Å². The number of halogens is 2. The van der Waals surface area contributed by atoms with Gasteiger partial charge in [0.1, 0.15) is 5.82 Å². The number of carbonyl (C=O) groups excluding carboxylic acids is 1. The number of hydrogen-bond donors (Lipinski definition) is 1. The number of nitrogens with zero attached hydrogens (tertiary/aromatic N) is 1. The number of hydrogen-bond acceptors (Lipinski definition) is 2. The number of anilines is 2. The van der Waals surface area contributed by atoms with Crippen molar-refractivity contribution in [1.29, 1.82) is 0 Å². The zero-order chi connectivity index (χ0) is 15.4. The Balaban J connectivity index is 2.42. The van der Waals surface area contributed by atoms with Gasteiger partial charge in [0, 0.05) is 22.9 Å². The van der Waals surface area contributed by atoms with Crippen molar-refractivity contribution in [3.8, 4) is 0 Å². The first-order chi connectivity index (χ1) is 10.0. The average Bonchev–Trinajstić information content (AvgIpc) is 2.46. The van der Waals surface area contributed by atoms with Crippen molar-refractivity contribution < 1.29 is 9.18 Å². The molecule has 110 valence electrons. The van der Waals surface area contributed by atoms with Gasteiger partial charge in [-0.05, 0) is 42.8 Å². The number of carbonyl (C=O) groups is 1. The Bertz CT molecular complexity index is 660. The third-order valence-electron chi connectivity index (χ3n) is 3.03. The Morgan fingerprint density at radius 2 is 2.05 bits per heavy atom. The highest BCUT2D eigenvalue weighted by Crippen LogP contribution is 2.23. The van der Waals surface area contributed by atoms with Gasteiger partial charge in [0.2, 0.25) is 0 Å². The van der Waals surface area contributed by atoms with Crippen LogP contribution in [0.1, 0.15) is 23.7 Å². The molecule has 0 saturated carbocycles. The zero-order valence-corrected chi connectivity index (χ0v) is 12.4. The van der Waals surface area contributed by atoms with Gasteiger partial charge < -0.3 is 10.6 Å². The largest absolute Gasteiger partial charge is 0.399 e. The summed E-state index contributed by atoms with van der Waals surface area (Å²) in [6.07, 6.45) is 0.739. The van der Waals surface area contributed by atoms with Crippen molar-refractivity contribution in [2.75, 3.05) is 17.2 Å². The monoisotopic (exact) mass is 306 g/mol. The van der Waals surface area contributed by atoms with E-state index in [4.69, 9.17) is 17.3 Å². The summed E-state index contributed by atoms with van der Waals surface area (Å²) in [5.74, 6) is -1.02. The molecule has 0 radical (unpaired) electrons. The Hall–Kier alpha value is -2.07. The average molecular weight is 307 g/mol. The van der Waals surface area contributed by atoms with Gasteiger partial charge in [0.15, 0.2) is 0 Å². The molecule has 0 spiro atoms. The van der Waals surface area contributed by atoms with Crippen LogP contribution in [-0.4, -0.2) is 12.5 Å². The van der Waals surface area contributed by atoms with E-state index in [0.29, 0.717) is 22.9 Å². The molecule has 0 aliphatic carbocycles. The first kappa shape index (κ1) is 15.3. The number of nitrogen functional groups attached to an aromatic ring is 1. The maximum Gasteiger partial charge on any atom is 0.261 e. The van der Waals surface area contributed by atoms with Crippen molar-refractivity contribution in [3.05, 3.63) is 58.9 Å². The van der Waals surface area contributed by atoms with E-state index in [9.17, 15) is 9.18 Å². The summed E-state index contributed by atoms with van der Waals surface area (Å²) in [5.41, 5.74) is 6.90. The van der Waals surface area contributed by atoms with Crippen molar-refractivity contribution in [1.82, 2.24) is 0 Å². The second-order valence-corrected chi connectivity index (χ2v) is 5.11. The molecule has 21 heavy (non-hydrogen) atoms. The molecule has 0 unspecified atom stereocenters. The van der Waals surface area contributed by atoms with Crippen molar-refractivity contribution in [2.24, 2.45) is 0 Å². The van der Waals surface area contributed by atoms with Crippen LogP contribution >= 0.6 is 11.6 Å². The molecule has 1 amide bonds. The predicted octanol–water partition coefficient (Wildman–Crippen LogP) is 4.12. The second-order valence-electron chi connectivity index (χ2n) is 4.68. The van der Waals surface area contributed by atoms with Crippen LogP contribution in [-0.2, 0) is 0 Å². The zero-order valence-electron chi connectivity index (χ0n) is 11.6. The highest BCUT2D eigenvalue weighted by atomic mass is 35.5. The smallest absolute Gasteiger partial charge is 0.261 e. The second kappa shape index (κ2) is 6.59. The minimum Gasteiger partial charge on any atom is -0.399 e. The molecule has 0 saturated heterocycles. The highest BCUT2D eigenvalue weighted by molar-refractivity contribution is 6.31. The van der Waals surface area contributed by atoms with E-state index in [-0.39, 0.29) is 5.56 Å². The molecule has 5 heteroatoms. The Morgan fingerprint density at radius 1 is 1.29 bits per heavy atom. The van der Waals surface area contributed by atoms with Crippen molar-refractivity contribution in [2.45, 2.75) is 13.3 Å². The fourth-order valence-electron chi connectivity index (χ4n) is 2.07. The summed E-state index contributed by atoms with van der Waals surface area (Å²) in [5, 5.41) is 0.323. The summed E-state index contributed by atoms with van der Waals surface area (Å²) >= 11 is 5.86. The molecule has 0 heterocycles. The normalized spacial score (nSPS) is 10.4. The van der Waals surface area contributed by atoms with Gasteiger partial charge in [-0.3, -0.25) is 4.79 Å². The predicted molar refractivity (Wildman–Crippen MR) is 84.2 cm³/mol. The summed E-state index contributed by atoms with van der Waals surface area (Å²) < 4.78 is 13.9. The van der Waals surface area contributed by atoms with Gasteiger partial charge in [0.05, 0.1) is 5.56 Å². The minimum absolute atomic E-state index is 0.0432. The van der Waals surface area contributed by atoms with Crippen LogP contribution < -0.4 is 10.6 Å². The SMILES string of the molecule is CCCN(C(=O)c1cc(Cl)ccc1F)c1cccc(N)c1. The fraction of sp³-hybridized carbons (Fsp3) is 0.188. The molecule has 0 aromatic heterocycles. The van der Waals surface area contributed by atoms with E-state index < -0.39 is 11.7 Å². The summed E-state index contributed by atoms with van der Waals surface area (Å²) in [4.78, 5) is 14.1. The van der Waals surface area contributed by atoms with E-state index >= 15 is 0 Å². The first-order valence-corrected chi connectivity index (χ1v) is 7.03. The summed E-state index contributed by atoms with van der Waals surface area (Å²) in [6, 6.07) is 10.9. The molecule has 0 aliphatic heterocycles. The van der Waals surface area contributed by atoms with Crippen LogP contribution in [0, 0.1) is 5.82 Å². The molecule has 3 nitrogen and oxygen atoms in total. The maximum atomic E-state index is 13.9. The molecule has 0 fully saturated rings. The lowest BCUT2D eigenvalue weighted by molar-refractivity contribution is 0.0983. The minimum atomic E-state index is -0.589. The number of nitrogens with two attached hydrogens (primary N) is 1. The topological polar surface area (TPSA) is 46.3 Å². The molecular weight excluding hydrogens is 291 g/mol.